The van der Waals surface area contributed by atoms with Gasteiger partial charge in [-0.15, -0.1) is 0 Å². The summed E-state index contributed by atoms with van der Waals surface area (Å²) < 4.78 is 4.46. The van der Waals surface area contributed by atoms with Gasteiger partial charge >= 0.3 is 5.97 Å². The van der Waals surface area contributed by atoms with Crippen LogP contribution in [0.3, 0.4) is 0 Å². The van der Waals surface area contributed by atoms with Crippen molar-refractivity contribution in [1.82, 2.24) is 5.32 Å². The van der Waals surface area contributed by atoms with Crippen molar-refractivity contribution in [3.63, 3.8) is 0 Å². The van der Waals surface area contributed by atoms with Crippen LogP contribution in [0.4, 0.5) is 0 Å². The third-order valence-electron chi connectivity index (χ3n) is 0.679. The average Bonchev–Trinajstić information content (AvgIpc) is 1.87. The minimum Gasteiger partial charge on any atom is -0.456 e. The normalized spacial score (nSPS) is 7.45. The molecule has 60 valence electrons. The molecule has 1 N–H and O–H groups in total. The van der Waals surface area contributed by atoms with Crippen molar-refractivity contribution in [1.29, 1.82) is 0 Å². The summed E-state index contributed by atoms with van der Waals surface area (Å²) in [6, 6.07) is 2.15. The first kappa shape index (κ1) is 9.50. The van der Waals surface area contributed by atoms with Gasteiger partial charge in [0.25, 0.3) is 0 Å². The molecular formula is C7H9NO3. The van der Waals surface area contributed by atoms with Gasteiger partial charge in [0.05, 0.1) is 6.61 Å². The molecule has 0 saturated heterocycles. The smallest absolute Gasteiger partial charge is 0.386 e. The molecule has 0 spiro atoms. The Kier molecular flexibility index (Phi) is 4.58. The maximum absolute atomic E-state index is 10.5. The molecule has 0 aliphatic rings. The van der Waals surface area contributed by atoms with Crippen molar-refractivity contribution in [3.05, 3.63) is 0 Å². The number of hydrogen-bond acceptors (Lipinski definition) is 3. The minimum atomic E-state index is -0.638. The van der Waals surface area contributed by atoms with E-state index in [1.54, 1.807) is 6.92 Å². The number of amides is 1. The molecule has 0 aliphatic heterocycles. The molecule has 4 heteroatoms. The molecular weight excluding hydrogens is 146 g/mol. The molecule has 0 aromatic carbocycles. The van der Waals surface area contributed by atoms with Crippen LogP contribution >= 0.6 is 0 Å². The van der Waals surface area contributed by atoms with Crippen LogP contribution in [0, 0.1) is 12.0 Å². The number of esters is 1. The lowest BCUT2D eigenvalue weighted by Crippen LogP contribution is -2.13. The molecule has 0 aromatic heterocycles. The van der Waals surface area contributed by atoms with Gasteiger partial charge in [-0.2, -0.15) is 0 Å². The number of nitrogens with one attached hydrogen (secondary N) is 1. The summed E-state index contributed by atoms with van der Waals surface area (Å²) in [5.74, 6) is 1.13. The van der Waals surface area contributed by atoms with Gasteiger partial charge < -0.3 is 4.74 Å². The number of carbonyl (C=O) groups excluding carboxylic acids is 2. The predicted molar refractivity (Wildman–Crippen MR) is 38.2 cm³/mol. The molecule has 0 bridgehead atoms. The average molecular weight is 155 g/mol. The Morgan fingerprint density at radius 3 is 2.64 bits per heavy atom. The fourth-order valence-electron chi connectivity index (χ4n) is 0.337. The zero-order valence-corrected chi connectivity index (χ0v) is 6.43. The van der Waals surface area contributed by atoms with Gasteiger partial charge in [0.2, 0.25) is 5.91 Å². The van der Waals surface area contributed by atoms with Gasteiger partial charge in [-0.05, 0) is 6.92 Å². The number of hydrogen-bond donors (Lipinski definition) is 1. The third-order valence-corrected chi connectivity index (χ3v) is 0.679. The van der Waals surface area contributed by atoms with Crippen molar-refractivity contribution >= 4 is 11.9 Å². The molecule has 0 aromatic rings. The van der Waals surface area contributed by atoms with Gasteiger partial charge in [0, 0.05) is 18.9 Å². The highest BCUT2D eigenvalue weighted by Crippen LogP contribution is 1.72. The fourth-order valence-corrected chi connectivity index (χ4v) is 0.337. The van der Waals surface area contributed by atoms with E-state index in [4.69, 9.17) is 0 Å². The van der Waals surface area contributed by atoms with E-state index in [-0.39, 0.29) is 12.5 Å². The highest BCUT2D eigenvalue weighted by atomic mass is 16.5. The Morgan fingerprint density at radius 1 is 1.55 bits per heavy atom. The molecule has 0 heterocycles. The summed E-state index contributed by atoms with van der Waals surface area (Å²) in [6.45, 7) is 3.27. The van der Waals surface area contributed by atoms with Crippen LogP contribution in [-0.2, 0) is 14.3 Å². The lowest BCUT2D eigenvalue weighted by molar-refractivity contribution is -0.136. The number of ether oxygens (including phenoxy) is 1. The van der Waals surface area contributed by atoms with E-state index in [2.05, 4.69) is 22.0 Å². The molecule has 0 saturated carbocycles. The molecule has 0 aliphatic carbocycles. The van der Waals surface area contributed by atoms with Gasteiger partial charge in [0.15, 0.2) is 0 Å². The van der Waals surface area contributed by atoms with Gasteiger partial charge in [-0.1, -0.05) is 0 Å². The Labute approximate surface area is 64.9 Å². The van der Waals surface area contributed by atoms with Gasteiger partial charge in [-0.3, -0.25) is 10.1 Å². The second-order valence-corrected chi connectivity index (χ2v) is 1.65. The van der Waals surface area contributed by atoms with E-state index < -0.39 is 5.97 Å². The molecule has 4 nitrogen and oxygen atoms in total. The highest BCUT2D eigenvalue weighted by molar-refractivity contribution is 5.89. The van der Waals surface area contributed by atoms with E-state index in [0.29, 0.717) is 0 Å². The standard InChI is InChI=1S/C7H9NO3/c1-3-11-7(10)4-5-8-6(2)9/h3H2,1-2H3,(H,8,9). The van der Waals surface area contributed by atoms with Crippen LogP contribution < -0.4 is 5.32 Å². The maximum Gasteiger partial charge on any atom is 0.386 e. The Bertz CT molecular complexity index is 211. The Morgan fingerprint density at radius 2 is 2.18 bits per heavy atom. The first-order chi connectivity index (χ1) is 5.16. The topological polar surface area (TPSA) is 55.4 Å². The van der Waals surface area contributed by atoms with Crippen LogP contribution in [-0.4, -0.2) is 18.5 Å². The molecule has 0 fully saturated rings. The van der Waals surface area contributed by atoms with E-state index >= 15 is 0 Å². The SMILES string of the molecule is CCOC(=O)C#CNC(C)=O. The van der Waals surface area contributed by atoms with Crippen LogP contribution in [0.2, 0.25) is 0 Å². The van der Waals surface area contributed by atoms with Crippen molar-refractivity contribution in [2.24, 2.45) is 0 Å². The molecule has 1 amide bonds. The van der Waals surface area contributed by atoms with Crippen LogP contribution in [0.15, 0.2) is 0 Å². The highest BCUT2D eigenvalue weighted by Gasteiger charge is 1.91. The summed E-state index contributed by atoms with van der Waals surface area (Å²) in [5, 5.41) is 2.13. The quantitative estimate of drug-likeness (QED) is 0.320. The van der Waals surface area contributed by atoms with E-state index in [1.165, 1.54) is 6.92 Å². The predicted octanol–water partition coefficient (Wildman–Crippen LogP) is -0.353. The zero-order chi connectivity index (χ0) is 8.69. The number of rotatable bonds is 1. The molecule has 0 radical (unpaired) electrons. The van der Waals surface area contributed by atoms with E-state index in [9.17, 15) is 9.59 Å². The third kappa shape index (κ3) is 6.38. The van der Waals surface area contributed by atoms with Crippen molar-refractivity contribution in [2.45, 2.75) is 13.8 Å². The largest absolute Gasteiger partial charge is 0.456 e. The second kappa shape index (κ2) is 5.30. The van der Waals surface area contributed by atoms with Crippen LogP contribution in [0.25, 0.3) is 0 Å². The van der Waals surface area contributed by atoms with Crippen molar-refractivity contribution < 1.29 is 14.3 Å². The monoisotopic (exact) mass is 155 g/mol. The van der Waals surface area contributed by atoms with E-state index in [1.807, 2.05) is 0 Å². The lowest BCUT2D eigenvalue weighted by atomic mass is 10.6. The summed E-state index contributed by atoms with van der Waals surface area (Å²) in [5.41, 5.74) is 0. The zero-order valence-electron chi connectivity index (χ0n) is 6.43. The van der Waals surface area contributed by atoms with Crippen LogP contribution in [0.5, 0.6) is 0 Å². The summed E-state index contributed by atoms with van der Waals surface area (Å²) in [6.07, 6.45) is 0. The van der Waals surface area contributed by atoms with Gasteiger partial charge in [0.1, 0.15) is 0 Å². The molecule has 11 heavy (non-hydrogen) atoms. The lowest BCUT2D eigenvalue weighted by Gasteiger charge is -1.90. The first-order valence-electron chi connectivity index (χ1n) is 3.11. The van der Waals surface area contributed by atoms with Crippen molar-refractivity contribution in [2.75, 3.05) is 6.61 Å². The molecule has 0 unspecified atom stereocenters. The van der Waals surface area contributed by atoms with Gasteiger partial charge in [-0.25, -0.2) is 4.79 Å². The fraction of sp³-hybridized carbons (Fsp3) is 0.429. The summed E-state index contributed by atoms with van der Waals surface area (Å²) in [7, 11) is 0. The summed E-state index contributed by atoms with van der Waals surface area (Å²) in [4.78, 5) is 20.7. The van der Waals surface area contributed by atoms with Crippen molar-refractivity contribution in [3.8, 4) is 12.0 Å². The molecule has 0 atom stereocenters. The number of carbonyl (C=O) groups is 2. The maximum atomic E-state index is 10.5. The Hall–Kier alpha value is -1.50. The van der Waals surface area contributed by atoms with Crippen LogP contribution in [0.1, 0.15) is 13.8 Å². The van der Waals surface area contributed by atoms with E-state index in [0.717, 1.165) is 0 Å². The first-order valence-corrected chi connectivity index (χ1v) is 3.11. The second-order valence-electron chi connectivity index (χ2n) is 1.65. The Balaban J connectivity index is 3.69. The molecule has 0 rings (SSSR count). The minimum absolute atomic E-state index is 0.285. The summed E-state index contributed by atoms with van der Waals surface area (Å²) >= 11 is 0.